The minimum atomic E-state index is -3.27. The van der Waals surface area contributed by atoms with Crippen molar-refractivity contribution in [1.82, 2.24) is 4.90 Å². The summed E-state index contributed by atoms with van der Waals surface area (Å²) >= 11 is 0. The van der Waals surface area contributed by atoms with Gasteiger partial charge in [0.2, 0.25) is 5.91 Å². The van der Waals surface area contributed by atoms with E-state index in [0.29, 0.717) is 6.42 Å². The molecule has 2 unspecified atom stereocenters. The highest BCUT2D eigenvalue weighted by atomic mass is 32.2. The van der Waals surface area contributed by atoms with E-state index in [9.17, 15) is 18.0 Å². The fourth-order valence-corrected chi connectivity index (χ4v) is 3.60. The van der Waals surface area contributed by atoms with Crippen LogP contribution in [0.4, 0.5) is 0 Å². The maximum atomic E-state index is 12.0. The van der Waals surface area contributed by atoms with Gasteiger partial charge < -0.3 is 15.7 Å². The van der Waals surface area contributed by atoms with Gasteiger partial charge in [-0.25, -0.2) is 8.42 Å². The smallest absolute Gasteiger partial charge is 0.305 e. The molecule has 0 spiro atoms. The Labute approximate surface area is 112 Å². The third kappa shape index (κ3) is 4.79. The number of rotatable bonds is 5. The van der Waals surface area contributed by atoms with Gasteiger partial charge in [-0.2, -0.15) is 0 Å². The van der Waals surface area contributed by atoms with Gasteiger partial charge in [-0.1, -0.05) is 6.92 Å². The first kappa shape index (κ1) is 15.9. The molecule has 1 saturated heterocycles. The molecule has 19 heavy (non-hydrogen) atoms. The maximum absolute atomic E-state index is 12.0. The lowest BCUT2D eigenvalue weighted by molar-refractivity contribution is -0.140. The van der Waals surface area contributed by atoms with E-state index < -0.39 is 21.8 Å². The van der Waals surface area contributed by atoms with Gasteiger partial charge in [-0.15, -0.1) is 0 Å². The molecule has 1 fully saturated rings. The summed E-state index contributed by atoms with van der Waals surface area (Å²) in [7, 11) is -3.27. The van der Waals surface area contributed by atoms with E-state index in [1.807, 2.05) is 6.92 Å². The van der Waals surface area contributed by atoms with E-state index >= 15 is 0 Å². The minimum absolute atomic E-state index is 0.0511. The molecule has 0 radical (unpaired) electrons. The highest BCUT2D eigenvalue weighted by Crippen LogP contribution is 2.17. The zero-order valence-corrected chi connectivity index (χ0v) is 11.7. The molecule has 8 heteroatoms. The van der Waals surface area contributed by atoms with Crippen LogP contribution in [-0.4, -0.2) is 60.4 Å². The van der Waals surface area contributed by atoms with Crippen LogP contribution in [0.5, 0.6) is 0 Å². The number of carbonyl (C=O) groups is 2. The Morgan fingerprint density at radius 1 is 1.47 bits per heavy atom. The van der Waals surface area contributed by atoms with Crippen LogP contribution in [0.2, 0.25) is 0 Å². The zero-order valence-electron chi connectivity index (χ0n) is 10.9. The van der Waals surface area contributed by atoms with Crippen molar-refractivity contribution in [1.29, 1.82) is 0 Å². The van der Waals surface area contributed by atoms with Crippen molar-refractivity contribution < 1.29 is 23.1 Å². The Morgan fingerprint density at radius 2 is 2.11 bits per heavy atom. The standard InChI is InChI=1S/C11H20N2O5S/c1-2-8(12)5-10(14)13-3-4-19(17,18)7-9(13)6-11(15)16/h8-9H,2-7,12H2,1H3,(H,15,16). The molecule has 7 nitrogen and oxygen atoms in total. The SMILES string of the molecule is CCC(N)CC(=O)N1CCS(=O)(=O)CC1CC(=O)O. The molecule has 0 aliphatic carbocycles. The highest BCUT2D eigenvalue weighted by Gasteiger charge is 2.35. The first-order valence-electron chi connectivity index (χ1n) is 6.22. The predicted molar refractivity (Wildman–Crippen MR) is 69.3 cm³/mol. The van der Waals surface area contributed by atoms with Gasteiger partial charge in [0.05, 0.1) is 24.0 Å². The molecule has 1 heterocycles. The van der Waals surface area contributed by atoms with E-state index in [1.165, 1.54) is 4.90 Å². The van der Waals surface area contributed by atoms with E-state index in [0.717, 1.165) is 0 Å². The molecule has 0 aromatic carbocycles. The van der Waals surface area contributed by atoms with Crippen LogP contribution < -0.4 is 5.73 Å². The molecular weight excluding hydrogens is 272 g/mol. The van der Waals surface area contributed by atoms with Crippen molar-refractivity contribution in [3.05, 3.63) is 0 Å². The zero-order chi connectivity index (χ0) is 14.6. The molecular formula is C11H20N2O5S. The lowest BCUT2D eigenvalue weighted by Crippen LogP contribution is -2.52. The van der Waals surface area contributed by atoms with Crippen molar-refractivity contribution in [2.24, 2.45) is 5.73 Å². The second kappa shape index (κ2) is 6.33. The largest absolute Gasteiger partial charge is 0.481 e. The number of nitrogens with zero attached hydrogens (tertiary/aromatic N) is 1. The molecule has 3 N–H and O–H groups in total. The fourth-order valence-electron chi connectivity index (χ4n) is 2.07. The van der Waals surface area contributed by atoms with Crippen LogP contribution in [0, 0.1) is 0 Å². The number of aliphatic carboxylic acids is 1. The summed E-state index contributed by atoms with van der Waals surface area (Å²) in [6.07, 6.45) is 0.403. The molecule has 1 aliphatic heterocycles. The first-order chi connectivity index (χ1) is 8.75. The third-order valence-corrected chi connectivity index (χ3v) is 4.92. The summed E-state index contributed by atoms with van der Waals surface area (Å²) in [6, 6.07) is -1.07. The minimum Gasteiger partial charge on any atom is -0.481 e. The quantitative estimate of drug-likeness (QED) is 0.686. The summed E-state index contributed by atoms with van der Waals surface area (Å²) in [5.41, 5.74) is 5.70. The summed E-state index contributed by atoms with van der Waals surface area (Å²) < 4.78 is 23.1. The number of carboxylic acid groups (broad SMARTS) is 1. The van der Waals surface area contributed by atoms with Gasteiger partial charge in [-0.3, -0.25) is 9.59 Å². The summed E-state index contributed by atoms with van der Waals surface area (Å²) in [5.74, 6) is -1.78. The first-order valence-corrected chi connectivity index (χ1v) is 8.04. The van der Waals surface area contributed by atoms with Gasteiger partial charge in [0.15, 0.2) is 9.84 Å². The molecule has 2 atom stereocenters. The van der Waals surface area contributed by atoms with Crippen LogP contribution in [0.15, 0.2) is 0 Å². The topological polar surface area (TPSA) is 118 Å². The molecule has 1 amide bonds. The second-order valence-electron chi connectivity index (χ2n) is 4.83. The number of hydrogen-bond acceptors (Lipinski definition) is 5. The Balaban J connectivity index is 2.78. The number of sulfone groups is 1. The highest BCUT2D eigenvalue weighted by molar-refractivity contribution is 7.91. The van der Waals surface area contributed by atoms with Crippen molar-refractivity contribution in [2.75, 3.05) is 18.1 Å². The summed E-state index contributed by atoms with van der Waals surface area (Å²) in [5, 5.41) is 8.81. The van der Waals surface area contributed by atoms with E-state index in [4.69, 9.17) is 10.8 Å². The normalized spacial score (nSPS) is 23.9. The predicted octanol–water partition coefficient (Wildman–Crippen LogP) is -0.786. The van der Waals surface area contributed by atoms with Gasteiger partial charge >= 0.3 is 5.97 Å². The summed E-state index contributed by atoms with van der Waals surface area (Å²) in [4.78, 5) is 24.1. The number of hydrogen-bond donors (Lipinski definition) is 2. The van der Waals surface area contributed by atoms with Crippen LogP contribution in [-0.2, 0) is 19.4 Å². The number of nitrogens with two attached hydrogens (primary N) is 1. The lowest BCUT2D eigenvalue weighted by atomic mass is 10.1. The molecule has 0 bridgehead atoms. The maximum Gasteiger partial charge on any atom is 0.305 e. The Bertz CT molecular complexity index is 448. The van der Waals surface area contributed by atoms with Crippen LogP contribution in [0.1, 0.15) is 26.2 Å². The third-order valence-electron chi connectivity index (χ3n) is 3.22. The Morgan fingerprint density at radius 3 is 2.63 bits per heavy atom. The van der Waals surface area contributed by atoms with Crippen LogP contribution in [0.3, 0.4) is 0 Å². The van der Waals surface area contributed by atoms with Crippen LogP contribution in [0.25, 0.3) is 0 Å². The second-order valence-corrected chi connectivity index (χ2v) is 7.05. The Hall–Kier alpha value is -1.15. The van der Waals surface area contributed by atoms with Gasteiger partial charge in [-0.05, 0) is 6.42 Å². The number of amides is 1. The molecule has 0 saturated carbocycles. The van der Waals surface area contributed by atoms with E-state index in [1.54, 1.807) is 0 Å². The van der Waals surface area contributed by atoms with Crippen molar-refractivity contribution in [3.63, 3.8) is 0 Å². The molecule has 0 aromatic rings. The lowest BCUT2D eigenvalue weighted by Gasteiger charge is -2.35. The molecule has 1 rings (SSSR count). The van der Waals surface area contributed by atoms with E-state index in [2.05, 4.69) is 0 Å². The van der Waals surface area contributed by atoms with Gasteiger partial charge in [0.1, 0.15) is 0 Å². The number of carboxylic acids is 1. The molecule has 110 valence electrons. The average molecular weight is 292 g/mol. The average Bonchev–Trinajstić information content (AvgIpc) is 2.26. The Kier molecular flexibility index (Phi) is 5.30. The van der Waals surface area contributed by atoms with Crippen molar-refractivity contribution in [3.8, 4) is 0 Å². The van der Waals surface area contributed by atoms with Crippen molar-refractivity contribution in [2.45, 2.75) is 38.3 Å². The fraction of sp³-hybridized carbons (Fsp3) is 0.818. The summed E-state index contributed by atoms with van der Waals surface area (Å²) in [6.45, 7) is 1.91. The van der Waals surface area contributed by atoms with Crippen LogP contribution >= 0.6 is 0 Å². The van der Waals surface area contributed by atoms with Crippen molar-refractivity contribution >= 4 is 21.7 Å². The monoisotopic (exact) mass is 292 g/mol. The van der Waals surface area contributed by atoms with E-state index in [-0.39, 0.29) is 42.8 Å². The molecule has 0 aromatic heterocycles. The molecule has 1 aliphatic rings. The van der Waals surface area contributed by atoms with Gasteiger partial charge in [0.25, 0.3) is 0 Å². The number of carbonyl (C=O) groups excluding carboxylic acids is 1. The van der Waals surface area contributed by atoms with Gasteiger partial charge in [0, 0.05) is 19.0 Å².